The number of rotatable bonds is 5. The van der Waals surface area contributed by atoms with Crippen LogP contribution in [0.2, 0.25) is 0 Å². The highest BCUT2D eigenvalue weighted by molar-refractivity contribution is 5.85. The Balaban J connectivity index is 0.00000225. The minimum atomic E-state index is -0.302. The van der Waals surface area contributed by atoms with E-state index in [1.807, 2.05) is 30.0 Å². The van der Waals surface area contributed by atoms with Gasteiger partial charge in [0.15, 0.2) is 0 Å². The van der Waals surface area contributed by atoms with Crippen LogP contribution < -0.4 is 10.6 Å². The van der Waals surface area contributed by atoms with Gasteiger partial charge in [-0.1, -0.05) is 24.3 Å². The molecule has 1 aromatic carbocycles. The van der Waals surface area contributed by atoms with Crippen molar-refractivity contribution in [2.75, 3.05) is 19.7 Å². The summed E-state index contributed by atoms with van der Waals surface area (Å²) in [4.78, 5) is 25.9. The number of benzene rings is 1. The number of amides is 2. The molecular formula is C18H26ClN3O3. The number of carbonyl (C=O) groups is 2. The van der Waals surface area contributed by atoms with Gasteiger partial charge in [0.1, 0.15) is 6.04 Å². The molecule has 3 rings (SSSR count). The second-order valence-corrected chi connectivity index (χ2v) is 6.46. The van der Waals surface area contributed by atoms with E-state index in [1.54, 1.807) is 0 Å². The molecule has 2 N–H and O–H groups in total. The molecule has 0 saturated carbocycles. The van der Waals surface area contributed by atoms with Crippen molar-refractivity contribution >= 4 is 24.2 Å². The van der Waals surface area contributed by atoms with Gasteiger partial charge in [-0.25, -0.2) is 0 Å². The fraction of sp³-hybridized carbons (Fsp3) is 0.556. The summed E-state index contributed by atoms with van der Waals surface area (Å²) in [6, 6.07) is 7.74. The Hall–Kier alpha value is -1.63. The second kappa shape index (κ2) is 9.17. The first-order chi connectivity index (χ1) is 11.6. The Morgan fingerprint density at radius 3 is 2.92 bits per heavy atom. The molecule has 0 radical (unpaired) electrons. The molecule has 0 aromatic heterocycles. The van der Waals surface area contributed by atoms with Crippen LogP contribution in [0.4, 0.5) is 0 Å². The van der Waals surface area contributed by atoms with Gasteiger partial charge in [0.05, 0.1) is 12.7 Å². The van der Waals surface area contributed by atoms with Gasteiger partial charge in [0.25, 0.3) is 0 Å². The lowest BCUT2D eigenvalue weighted by Crippen LogP contribution is -2.55. The van der Waals surface area contributed by atoms with Crippen molar-refractivity contribution < 1.29 is 14.3 Å². The van der Waals surface area contributed by atoms with Crippen molar-refractivity contribution in [2.45, 2.75) is 45.0 Å². The zero-order valence-corrected chi connectivity index (χ0v) is 15.3. The van der Waals surface area contributed by atoms with Crippen LogP contribution in [0.25, 0.3) is 0 Å². The Kier molecular flexibility index (Phi) is 7.23. The maximum Gasteiger partial charge on any atom is 0.240 e. The quantitative estimate of drug-likeness (QED) is 0.821. The Bertz CT molecular complexity index is 611. The molecule has 2 atom stereocenters. The molecule has 2 aliphatic rings. The summed E-state index contributed by atoms with van der Waals surface area (Å²) >= 11 is 0. The molecule has 0 bridgehead atoms. The Morgan fingerprint density at radius 1 is 1.40 bits per heavy atom. The van der Waals surface area contributed by atoms with Crippen LogP contribution in [0.5, 0.6) is 0 Å². The lowest BCUT2D eigenvalue weighted by Gasteiger charge is -2.29. The van der Waals surface area contributed by atoms with E-state index in [1.165, 1.54) is 0 Å². The molecule has 6 nitrogen and oxygen atoms in total. The Morgan fingerprint density at radius 2 is 2.20 bits per heavy atom. The van der Waals surface area contributed by atoms with Crippen LogP contribution in [0.1, 0.15) is 30.9 Å². The van der Waals surface area contributed by atoms with Crippen molar-refractivity contribution in [3.63, 3.8) is 0 Å². The van der Waals surface area contributed by atoms with E-state index in [9.17, 15) is 9.59 Å². The van der Waals surface area contributed by atoms with E-state index in [0.29, 0.717) is 32.7 Å². The van der Waals surface area contributed by atoms with Crippen molar-refractivity contribution in [3.8, 4) is 0 Å². The molecule has 2 aliphatic heterocycles. The summed E-state index contributed by atoms with van der Waals surface area (Å²) in [6.45, 7) is 5.21. The minimum absolute atomic E-state index is 0. The summed E-state index contributed by atoms with van der Waals surface area (Å²) in [7, 11) is 0. The standard InChI is InChI=1S/C18H25N3O3.ClH/c1-13-17(19-7-9-24-13)18(23)20-11-14-4-2-5-15(10-14)12-21-8-3-6-16(21)22;/h2,4-5,10,13,17,19H,3,6-9,11-12H2,1H3,(H,20,23);1H/t13-,17+;/m1./s1. The molecule has 2 amide bonds. The number of halogens is 1. The average molecular weight is 368 g/mol. The van der Waals surface area contributed by atoms with Gasteiger partial charge in [0, 0.05) is 32.6 Å². The maximum atomic E-state index is 12.3. The van der Waals surface area contributed by atoms with Gasteiger partial charge in [-0.05, 0) is 24.5 Å². The predicted octanol–water partition coefficient (Wildman–Crippen LogP) is 1.22. The van der Waals surface area contributed by atoms with Crippen LogP contribution in [-0.2, 0) is 27.4 Å². The number of hydrogen-bond donors (Lipinski definition) is 2. The lowest BCUT2D eigenvalue weighted by atomic mass is 10.1. The normalized spacial score (nSPS) is 23.2. The van der Waals surface area contributed by atoms with Gasteiger partial charge >= 0.3 is 0 Å². The predicted molar refractivity (Wildman–Crippen MR) is 97.4 cm³/mol. The largest absolute Gasteiger partial charge is 0.375 e. The van der Waals surface area contributed by atoms with Crippen LogP contribution in [0.15, 0.2) is 24.3 Å². The van der Waals surface area contributed by atoms with Gasteiger partial charge in [-0.2, -0.15) is 0 Å². The van der Waals surface area contributed by atoms with Crippen LogP contribution in [-0.4, -0.2) is 48.6 Å². The minimum Gasteiger partial charge on any atom is -0.375 e. The summed E-state index contributed by atoms with van der Waals surface area (Å²) in [5.41, 5.74) is 2.14. The summed E-state index contributed by atoms with van der Waals surface area (Å²) in [5, 5.41) is 6.15. The maximum absolute atomic E-state index is 12.3. The van der Waals surface area contributed by atoms with Crippen LogP contribution >= 0.6 is 12.4 Å². The average Bonchev–Trinajstić information content (AvgIpc) is 2.98. The molecule has 25 heavy (non-hydrogen) atoms. The first-order valence-corrected chi connectivity index (χ1v) is 8.62. The van der Waals surface area contributed by atoms with Gasteiger partial charge in [0.2, 0.25) is 11.8 Å². The molecule has 2 saturated heterocycles. The summed E-state index contributed by atoms with van der Waals surface area (Å²) < 4.78 is 5.51. The molecule has 2 fully saturated rings. The first kappa shape index (κ1) is 19.7. The first-order valence-electron chi connectivity index (χ1n) is 8.62. The van der Waals surface area contributed by atoms with E-state index in [0.717, 1.165) is 24.1 Å². The second-order valence-electron chi connectivity index (χ2n) is 6.46. The molecule has 7 heteroatoms. The molecule has 138 valence electrons. The highest BCUT2D eigenvalue weighted by atomic mass is 35.5. The number of nitrogens with one attached hydrogen (secondary N) is 2. The molecule has 0 spiro atoms. The van der Waals surface area contributed by atoms with Crippen molar-refractivity contribution in [1.29, 1.82) is 0 Å². The third-order valence-corrected chi connectivity index (χ3v) is 4.60. The molecule has 0 aliphatic carbocycles. The van der Waals surface area contributed by atoms with Gasteiger partial charge in [-0.15, -0.1) is 12.4 Å². The number of nitrogens with zero attached hydrogens (tertiary/aromatic N) is 1. The fourth-order valence-corrected chi connectivity index (χ4v) is 3.26. The smallest absolute Gasteiger partial charge is 0.240 e. The monoisotopic (exact) mass is 367 g/mol. The third-order valence-electron chi connectivity index (χ3n) is 4.60. The highest BCUT2D eigenvalue weighted by Gasteiger charge is 2.28. The van der Waals surface area contributed by atoms with Crippen molar-refractivity contribution in [2.24, 2.45) is 0 Å². The highest BCUT2D eigenvalue weighted by Crippen LogP contribution is 2.15. The zero-order chi connectivity index (χ0) is 16.9. The topological polar surface area (TPSA) is 70.7 Å². The van der Waals surface area contributed by atoms with Gasteiger partial charge < -0.3 is 20.3 Å². The van der Waals surface area contributed by atoms with Gasteiger partial charge in [-0.3, -0.25) is 9.59 Å². The molecule has 2 heterocycles. The number of hydrogen-bond acceptors (Lipinski definition) is 4. The fourth-order valence-electron chi connectivity index (χ4n) is 3.26. The SMILES string of the molecule is C[C@H]1OCCN[C@@H]1C(=O)NCc1cccc(CN2CCCC2=O)c1.Cl. The summed E-state index contributed by atoms with van der Waals surface area (Å²) in [6.07, 6.45) is 1.49. The third kappa shape index (κ3) is 5.17. The van der Waals surface area contributed by atoms with Crippen molar-refractivity contribution in [3.05, 3.63) is 35.4 Å². The molecule has 0 unspecified atom stereocenters. The lowest BCUT2D eigenvalue weighted by molar-refractivity contribution is -0.129. The van der Waals surface area contributed by atoms with E-state index in [2.05, 4.69) is 16.7 Å². The van der Waals surface area contributed by atoms with Crippen molar-refractivity contribution in [1.82, 2.24) is 15.5 Å². The Labute approximate surface area is 154 Å². The molecular weight excluding hydrogens is 342 g/mol. The van der Waals surface area contributed by atoms with Crippen LogP contribution in [0, 0.1) is 0 Å². The zero-order valence-electron chi connectivity index (χ0n) is 14.5. The number of carbonyl (C=O) groups excluding carboxylic acids is 2. The molecule has 1 aromatic rings. The van der Waals surface area contributed by atoms with E-state index in [-0.39, 0.29) is 36.4 Å². The van der Waals surface area contributed by atoms with E-state index in [4.69, 9.17) is 4.74 Å². The van der Waals surface area contributed by atoms with E-state index < -0.39 is 0 Å². The number of likely N-dealkylation sites (tertiary alicyclic amines) is 1. The number of morpholine rings is 1. The van der Waals surface area contributed by atoms with E-state index >= 15 is 0 Å². The summed E-state index contributed by atoms with van der Waals surface area (Å²) in [5.74, 6) is 0.188. The number of ether oxygens (including phenoxy) is 1. The van der Waals surface area contributed by atoms with Crippen LogP contribution in [0.3, 0.4) is 0 Å².